The molecule has 9 aliphatic rings. The number of nitrogens with two attached hydrogens (primary N) is 3. The molecule has 0 spiro atoms. The molecule has 0 radical (unpaired) electrons. The second-order valence-electron chi connectivity index (χ2n) is 27.4. The third-order valence-electron chi connectivity index (χ3n) is 20.8. The number of rotatable bonds is 17. The van der Waals surface area contributed by atoms with Gasteiger partial charge in [-0.25, -0.2) is 28.0 Å². The van der Waals surface area contributed by atoms with Crippen molar-refractivity contribution in [3.8, 4) is 0 Å². The Bertz CT molecular complexity index is 4050. The van der Waals surface area contributed by atoms with Crippen LogP contribution in [0.5, 0.6) is 0 Å². The third kappa shape index (κ3) is 17.0. The van der Waals surface area contributed by atoms with E-state index in [1.165, 1.54) is 66.8 Å². The molecule has 518 valence electrons. The highest BCUT2D eigenvalue weighted by Crippen LogP contribution is 2.39. The van der Waals surface area contributed by atoms with Crippen LogP contribution in [0.15, 0.2) is 119 Å². The summed E-state index contributed by atoms with van der Waals surface area (Å²) in [5.41, 5.74) is 22.9. The molecule has 3 amide bonds. The van der Waals surface area contributed by atoms with Crippen molar-refractivity contribution in [2.24, 2.45) is 28.5 Å². The van der Waals surface area contributed by atoms with E-state index in [0.717, 1.165) is 201 Å². The molecule has 18 nitrogen and oxygen atoms in total. The smallest absolute Gasteiger partial charge is 0.259 e. The van der Waals surface area contributed by atoms with E-state index < -0.39 is 29.7 Å². The second kappa shape index (κ2) is 31.5. The van der Waals surface area contributed by atoms with Gasteiger partial charge in [0.25, 0.3) is 17.7 Å². The van der Waals surface area contributed by atoms with Crippen LogP contribution in [0.25, 0.3) is 0 Å². The maximum atomic E-state index is 13.1. The molecule has 3 saturated heterocycles. The molecular formula is C75H94BrN9O9S3. The molecule has 3 heterocycles. The van der Waals surface area contributed by atoms with Crippen LogP contribution in [0, 0.1) is 0 Å². The van der Waals surface area contributed by atoms with Crippen molar-refractivity contribution in [2.45, 2.75) is 186 Å². The average Bonchev–Trinajstić information content (AvgIpc) is 1.66. The van der Waals surface area contributed by atoms with E-state index in [1.807, 2.05) is 36.4 Å². The van der Waals surface area contributed by atoms with Gasteiger partial charge in [0.05, 0.1) is 52.3 Å². The van der Waals surface area contributed by atoms with Crippen LogP contribution in [0.3, 0.4) is 0 Å². The zero-order valence-electron chi connectivity index (χ0n) is 56.4. The van der Waals surface area contributed by atoms with Gasteiger partial charge < -0.3 is 19.5 Å². The van der Waals surface area contributed by atoms with Crippen LogP contribution in [-0.4, -0.2) is 119 Å². The number of carbonyl (C=O) groups excluding carboxylic acids is 3. The van der Waals surface area contributed by atoms with Crippen LogP contribution >= 0.6 is 15.9 Å². The first kappa shape index (κ1) is 71.1. The monoisotopic (exact) mass is 1440 g/mol. The molecule has 97 heavy (non-hydrogen) atoms. The normalized spacial score (nSPS) is 19.3. The van der Waals surface area contributed by atoms with Crippen molar-refractivity contribution in [3.05, 3.63) is 191 Å². The van der Waals surface area contributed by atoms with Gasteiger partial charge in [-0.15, -0.1) is 13.1 Å². The molecule has 15 rings (SSSR count). The van der Waals surface area contributed by atoms with E-state index in [4.69, 9.17) is 29.6 Å². The van der Waals surface area contributed by atoms with Crippen LogP contribution in [0.1, 0.15) is 139 Å². The van der Waals surface area contributed by atoms with E-state index in [0.29, 0.717) is 38.3 Å². The maximum absolute atomic E-state index is 13.1. The number of aryl methyl sites for hydroxylation is 6. The van der Waals surface area contributed by atoms with Crippen molar-refractivity contribution in [1.29, 1.82) is 0 Å². The van der Waals surface area contributed by atoms with Gasteiger partial charge in [-0.1, -0.05) is 70.5 Å². The topological polar surface area (TPSA) is 264 Å². The van der Waals surface area contributed by atoms with Crippen LogP contribution in [-0.2, 0) is 173 Å². The Balaban J connectivity index is 0.000000133. The van der Waals surface area contributed by atoms with E-state index >= 15 is 0 Å². The van der Waals surface area contributed by atoms with Gasteiger partial charge in [-0.2, -0.15) is 0 Å². The maximum Gasteiger partial charge on any atom is 0.259 e. The molecule has 3 atom stereocenters. The lowest BCUT2D eigenvalue weighted by atomic mass is 9.92. The van der Waals surface area contributed by atoms with Crippen LogP contribution in [0.2, 0.25) is 0 Å². The fourth-order valence-electron chi connectivity index (χ4n) is 15.5. The van der Waals surface area contributed by atoms with Crippen molar-refractivity contribution in [1.82, 2.24) is 15.1 Å². The molecule has 6 aromatic rings. The zero-order chi connectivity index (χ0) is 68.0. The Kier molecular flexibility index (Phi) is 23.1. The number of amides is 3. The average molecular weight is 1440 g/mol. The number of hydrogen-bond donors (Lipinski definition) is 4. The minimum Gasteiger partial charge on any atom is -0.379 e. The van der Waals surface area contributed by atoms with Gasteiger partial charge in [-0.3, -0.25) is 24.2 Å². The lowest BCUT2D eigenvalue weighted by molar-refractivity contribution is -0.117. The van der Waals surface area contributed by atoms with E-state index in [-0.39, 0.29) is 37.0 Å². The summed E-state index contributed by atoms with van der Waals surface area (Å²) in [6.45, 7) is 7.38. The molecule has 3 unspecified atom stereocenters. The van der Waals surface area contributed by atoms with Gasteiger partial charge >= 0.3 is 0 Å². The molecule has 6 aromatic carbocycles. The number of ether oxygens (including phenoxy) is 3. The fraction of sp³-hybridized carbons (Fsp3) is 0.480. The summed E-state index contributed by atoms with van der Waals surface area (Å²) in [5, 5.41) is 21.8. The molecule has 0 aromatic heterocycles. The highest BCUT2D eigenvalue weighted by molar-refractivity contribution is 9.08. The summed E-state index contributed by atoms with van der Waals surface area (Å²) in [5.74, 6) is -1.16. The minimum absolute atomic E-state index is 0.202. The van der Waals surface area contributed by atoms with E-state index in [1.54, 1.807) is 57.7 Å². The zero-order valence-corrected chi connectivity index (χ0v) is 60.4. The van der Waals surface area contributed by atoms with Crippen LogP contribution < -0.4 is 20.7 Å². The molecule has 7 N–H and O–H groups in total. The highest BCUT2D eigenvalue weighted by Gasteiger charge is 2.31. The Morgan fingerprint density at radius 1 is 0.423 bits per heavy atom. The third-order valence-corrected chi connectivity index (χ3v) is 25.7. The Morgan fingerprint density at radius 2 is 0.680 bits per heavy atom. The lowest BCUT2D eigenvalue weighted by Crippen LogP contribution is -2.50. The summed E-state index contributed by atoms with van der Waals surface area (Å²) < 4.78 is 66.5. The summed E-state index contributed by atoms with van der Waals surface area (Å²) >= 11 is 3.38. The quantitative estimate of drug-likeness (QED) is 0.0622. The molecule has 0 saturated carbocycles. The van der Waals surface area contributed by atoms with Gasteiger partial charge in [0.15, 0.2) is 0 Å². The van der Waals surface area contributed by atoms with E-state index in [2.05, 4.69) is 62.3 Å². The molecular weight excluding hydrogens is 1350 g/mol. The number of likely N-dealkylation sites (tertiary alicyclic amines) is 2. The summed E-state index contributed by atoms with van der Waals surface area (Å²) in [6, 6.07) is 28.7. The van der Waals surface area contributed by atoms with Gasteiger partial charge in [0.2, 0.25) is 0 Å². The first-order chi connectivity index (χ1) is 46.8. The first-order valence-corrected chi connectivity index (χ1v) is 40.4. The Labute approximate surface area is 582 Å². The SMILES string of the molecule is COC1CN(Cc2ccc(S(N)(=O)=NC(=O)Cc3c4c(cc5c3CCC5)CCC4)cc2)C1.COC1CN(Cc2ccc(S(N)(=O)=NC(=O)Cc3c4c(cc5c3CCC5)CCC4)cc2)C1.COC1CNC1.NS(=O)(=NC(=O)Cc1c2c(cc3c1CCC3)CCC2)c1ccc(CBr)cc1. The largest absolute Gasteiger partial charge is 0.379 e. The number of nitrogens with one attached hydrogen (secondary N) is 1. The predicted molar refractivity (Wildman–Crippen MR) is 384 cm³/mol. The second-order valence-corrected chi connectivity index (χ2v) is 33.3. The Hall–Kier alpha value is -5.70. The lowest BCUT2D eigenvalue weighted by Gasteiger charge is -2.38. The summed E-state index contributed by atoms with van der Waals surface area (Å²) in [6.07, 6.45) is 21.3. The molecule has 3 aliphatic heterocycles. The van der Waals surface area contributed by atoms with Gasteiger partial charge in [0, 0.05) is 79.0 Å². The van der Waals surface area contributed by atoms with Crippen LogP contribution in [0.4, 0.5) is 0 Å². The molecule has 3 fully saturated rings. The number of nitrogens with zero attached hydrogens (tertiary/aromatic N) is 5. The van der Waals surface area contributed by atoms with E-state index in [9.17, 15) is 27.0 Å². The van der Waals surface area contributed by atoms with Crippen molar-refractivity contribution < 1.29 is 41.2 Å². The number of carbonyl (C=O) groups is 3. The number of benzene rings is 6. The van der Waals surface area contributed by atoms with Crippen molar-refractivity contribution in [3.63, 3.8) is 0 Å². The highest BCUT2D eigenvalue weighted by atomic mass is 79.9. The standard InChI is InChI=1S/2C25H31N3O3S.C21H23BrN2O2S.C4H9NO/c2*1-31-20-15-28(16-20)14-17-8-10-21(11-9-17)32(26,30)27-25(29)13-24-22-6-2-4-18(22)12-19-5-3-7-23(19)24;22-13-14-7-9-17(10-8-14)27(23,26)24-21(25)12-20-18-5-1-3-15(18)11-16-4-2-6-19(16)20;1-6-4-2-5-3-4/h2*8-12,20H,2-7,13-16H2,1H3,(H2,26,27,29,30);7-11H,1-6,12-13H2,(H2,23,24,25,26);4-5H,2-3H2,1H3. The van der Waals surface area contributed by atoms with Crippen molar-refractivity contribution in [2.75, 3.05) is 60.6 Å². The van der Waals surface area contributed by atoms with Gasteiger partial charge in [-0.05, 0) is 252 Å². The number of methoxy groups -OCH3 is 3. The number of fused-ring (bicyclic) bond motifs is 6. The molecule has 6 aliphatic carbocycles. The number of halogens is 1. The number of hydrogen-bond acceptors (Lipinski definition) is 12. The minimum atomic E-state index is -3.27. The molecule has 22 heteroatoms. The van der Waals surface area contributed by atoms with Crippen molar-refractivity contribution >= 4 is 63.4 Å². The first-order valence-electron chi connectivity index (χ1n) is 34.5. The van der Waals surface area contributed by atoms with Gasteiger partial charge in [0.1, 0.15) is 29.7 Å². The summed E-state index contributed by atoms with van der Waals surface area (Å²) in [4.78, 5) is 44.2. The summed E-state index contributed by atoms with van der Waals surface area (Å²) in [7, 11) is -4.54. The molecule has 0 bridgehead atoms. The fourth-order valence-corrected chi connectivity index (χ4v) is 18.9. The number of alkyl halides is 1. The Morgan fingerprint density at radius 3 is 0.897 bits per heavy atom. The predicted octanol–water partition coefficient (Wildman–Crippen LogP) is 9.56.